The quantitative estimate of drug-likeness (QED) is 0.295. The number of thioether (sulfide) groups is 1. The summed E-state index contributed by atoms with van der Waals surface area (Å²) in [6.07, 6.45) is -1.29. The van der Waals surface area contributed by atoms with Gasteiger partial charge in [-0.1, -0.05) is 59.5 Å². The number of carbonyl (C=O) groups is 2. The number of esters is 1. The van der Waals surface area contributed by atoms with Crippen LogP contribution in [0, 0.1) is 6.92 Å². The summed E-state index contributed by atoms with van der Waals surface area (Å²) in [7, 11) is 0. The molecule has 2 aromatic carbocycles. The number of benzene rings is 2. The predicted octanol–water partition coefficient (Wildman–Crippen LogP) is 4.57. The number of amides is 1. The van der Waals surface area contributed by atoms with E-state index in [-0.39, 0.29) is 18.8 Å². The molecule has 0 aliphatic carbocycles. The van der Waals surface area contributed by atoms with E-state index in [0.717, 1.165) is 26.0 Å². The van der Waals surface area contributed by atoms with E-state index in [9.17, 15) is 14.7 Å². The molecular formula is C26H29N3O6S2. The Morgan fingerprint density at radius 1 is 1.19 bits per heavy atom. The van der Waals surface area contributed by atoms with Gasteiger partial charge in [0.2, 0.25) is 0 Å². The molecule has 4 rings (SSSR count). The Hall–Kier alpha value is -2.83. The molecule has 1 aliphatic heterocycles. The first-order chi connectivity index (χ1) is 17.8. The average Bonchev–Trinajstić information content (AvgIpc) is 3.32. The van der Waals surface area contributed by atoms with Crippen molar-refractivity contribution in [1.29, 1.82) is 0 Å². The molecule has 1 fully saturated rings. The third kappa shape index (κ3) is 7.59. The van der Waals surface area contributed by atoms with Crippen molar-refractivity contribution in [2.45, 2.75) is 62.7 Å². The Bertz CT molecular complexity index is 1220. The van der Waals surface area contributed by atoms with Gasteiger partial charge in [-0.3, -0.25) is 9.59 Å². The Morgan fingerprint density at radius 3 is 2.65 bits per heavy atom. The molecule has 1 aromatic heterocycles. The van der Waals surface area contributed by atoms with E-state index in [2.05, 4.69) is 15.5 Å². The molecule has 37 heavy (non-hydrogen) atoms. The second-order valence-electron chi connectivity index (χ2n) is 8.61. The van der Waals surface area contributed by atoms with Crippen molar-refractivity contribution in [1.82, 2.24) is 10.2 Å². The molecule has 0 radical (unpaired) electrons. The average molecular weight is 544 g/mol. The summed E-state index contributed by atoms with van der Waals surface area (Å²) in [5.41, 5.74) is 3.11. The van der Waals surface area contributed by atoms with Gasteiger partial charge in [0.15, 0.2) is 16.7 Å². The van der Waals surface area contributed by atoms with Gasteiger partial charge in [-0.15, -0.1) is 10.2 Å². The molecular weight excluding hydrogens is 514 g/mol. The number of aliphatic hydroxyl groups excluding tert-OH is 1. The number of anilines is 1. The van der Waals surface area contributed by atoms with Gasteiger partial charge in [-0.25, -0.2) is 0 Å². The van der Waals surface area contributed by atoms with Gasteiger partial charge in [-0.05, 0) is 37.1 Å². The summed E-state index contributed by atoms with van der Waals surface area (Å²) in [5.74, 6) is -0.275. The fraction of sp³-hybridized carbons (Fsp3) is 0.385. The Labute approximate surface area is 223 Å². The van der Waals surface area contributed by atoms with E-state index in [1.165, 1.54) is 13.8 Å². The molecule has 3 aromatic rings. The lowest BCUT2D eigenvalue weighted by atomic mass is 10.0. The van der Waals surface area contributed by atoms with Gasteiger partial charge in [0.05, 0.1) is 18.8 Å². The van der Waals surface area contributed by atoms with E-state index in [0.29, 0.717) is 17.9 Å². The van der Waals surface area contributed by atoms with Crippen LogP contribution in [0.15, 0.2) is 52.9 Å². The van der Waals surface area contributed by atoms with Crippen LogP contribution in [0.3, 0.4) is 0 Å². The second-order valence-corrected chi connectivity index (χ2v) is 11.1. The van der Waals surface area contributed by atoms with Gasteiger partial charge in [-0.2, -0.15) is 0 Å². The number of nitrogens with one attached hydrogen (secondary N) is 1. The predicted molar refractivity (Wildman–Crippen MR) is 140 cm³/mol. The molecule has 0 unspecified atom stereocenters. The van der Waals surface area contributed by atoms with Crippen LogP contribution in [-0.4, -0.2) is 45.1 Å². The van der Waals surface area contributed by atoms with Crippen molar-refractivity contribution in [3.8, 4) is 0 Å². The van der Waals surface area contributed by atoms with Crippen molar-refractivity contribution < 1.29 is 28.9 Å². The zero-order valence-electron chi connectivity index (χ0n) is 20.7. The van der Waals surface area contributed by atoms with E-state index in [1.54, 1.807) is 35.2 Å². The fourth-order valence-corrected chi connectivity index (χ4v) is 5.69. The molecule has 196 valence electrons. The Kier molecular flexibility index (Phi) is 9.28. The highest BCUT2D eigenvalue weighted by Crippen LogP contribution is 2.40. The van der Waals surface area contributed by atoms with Gasteiger partial charge in [0.1, 0.15) is 5.01 Å². The summed E-state index contributed by atoms with van der Waals surface area (Å²) in [4.78, 5) is 23.6. The van der Waals surface area contributed by atoms with E-state index in [1.807, 2.05) is 43.3 Å². The molecule has 2 N–H and O–H groups in total. The monoisotopic (exact) mass is 543 g/mol. The molecule has 11 heteroatoms. The highest BCUT2D eigenvalue weighted by atomic mass is 32.2. The van der Waals surface area contributed by atoms with Crippen LogP contribution < -0.4 is 5.32 Å². The number of aryl methyl sites for hydroxylation is 1. The van der Waals surface area contributed by atoms with Gasteiger partial charge in [0.25, 0.3) is 5.91 Å². The van der Waals surface area contributed by atoms with Gasteiger partial charge >= 0.3 is 5.97 Å². The third-order valence-corrected chi connectivity index (χ3v) is 7.76. The molecule has 0 bridgehead atoms. The molecule has 0 spiro atoms. The summed E-state index contributed by atoms with van der Waals surface area (Å²) in [6.45, 7) is 4.68. The summed E-state index contributed by atoms with van der Waals surface area (Å²) in [6, 6.07) is 14.9. The zero-order valence-corrected chi connectivity index (χ0v) is 22.4. The van der Waals surface area contributed by atoms with Crippen LogP contribution >= 0.6 is 23.1 Å². The minimum absolute atomic E-state index is 0.0212. The second kappa shape index (κ2) is 12.6. The summed E-state index contributed by atoms with van der Waals surface area (Å²) < 4.78 is 18.6. The molecule has 9 nitrogen and oxygen atoms in total. The van der Waals surface area contributed by atoms with Crippen LogP contribution in [0.5, 0.6) is 0 Å². The number of hydrogen-bond acceptors (Lipinski definition) is 10. The minimum Gasteiger partial charge on any atom is -0.453 e. The van der Waals surface area contributed by atoms with Gasteiger partial charge < -0.3 is 24.6 Å². The topological polar surface area (TPSA) is 120 Å². The zero-order chi connectivity index (χ0) is 26.4. The summed E-state index contributed by atoms with van der Waals surface area (Å²) in [5, 5.41) is 21.4. The summed E-state index contributed by atoms with van der Waals surface area (Å²) >= 11 is 3.15. The highest BCUT2D eigenvalue weighted by Gasteiger charge is 2.32. The fourth-order valence-electron chi connectivity index (χ4n) is 3.83. The maximum atomic E-state index is 12.4. The maximum Gasteiger partial charge on any atom is 0.303 e. The van der Waals surface area contributed by atoms with Crippen molar-refractivity contribution in [3.05, 3.63) is 70.2 Å². The first-order valence-corrected chi connectivity index (χ1v) is 13.6. The molecule has 1 aliphatic rings. The molecule has 4 atom stereocenters. The van der Waals surface area contributed by atoms with Crippen molar-refractivity contribution >= 4 is 40.7 Å². The van der Waals surface area contributed by atoms with Crippen molar-refractivity contribution in [2.24, 2.45) is 0 Å². The van der Waals surface area contributed by atoms with Crippen LogP contribution in [0.25, 0.3) is 0 Å². The van der Waals surface area contributed by atoms with Crippen LogP contribution in [0.2, 0.25) is 0 Å². The maximum absolute atomic E-state index is 12.4. The Morgan fingerprint density at radius 2 is 1.97 bits per heavy atom. The highest BCUT2D eigenvalue weighted by molar-refractivity contribution is 8.01. The Balaban J connectivity index is 1.51. The number of hydrogen-bond donors (Lipinski definition) is 2. The smallest absolute Gasteiger partial charge is 0.303 e. The number of ether oxygens (including phenoxy) is 3. The first-order valence-electron chi connectivity index (χ1n) is 11.8. The lowest BCUT2D eigenvalue weighted by Crippen LogP contribution is -2.31. The van der Waals surface area contributed by atoms with E-state index in [4.69, 9.17) is 14.2 Å². The first kappa shape index (κ1) is 27.2. The van der Waals surface area contributed by atoms with Crippen LogP contribution in [0.1, 0.15) is 54.4 Å². The number of aromatic nitrogens is 2. The van der Waals surface area contributed by atoms with Gasteiger partial charge in [0, 0.05) is 30.3 Å². The number of nitrogens with zero attached hydrogens (tertiary/aromatic N) is 2. The number of carbonyl (C=O) groups excluding carboxylic acids is 2. The van der Waals surface area contributed by atoms with E-state index < -0.39 is 24.3 Å². The lowest BCUT2D eigenvalue weighted by Gasteiger charge is -2.36. The molecule has 2 heterocycles. The lowest BCUT2D eigenvalue weighted by molar-refractivity contribution is -0.245. The molecule has 0 saturated carbocycles. The minimum atomic E-state index is -0.917. The third-order valence-electron chi connectivity index (χ3n) is 5.65. The van der Waals surface area contributed by atoms with Crippen molar-refractivity contribution in [3.63, 3.8) is 0 Å². The van der Waals surface area contributed by atoms with Crippen LogP contribution in [0.4, 0.5) is 5.69 Å². The molecule has 1 amide bonds. The van der Waals surface area contributed by atoms with E-state index >= 15 is 0 Å². The van der Waals surface area contributed by atoms with Crippen molar-refractivity contribution in [2.75, 3.05) is 11.1 Å². The molecule has 1 saturated heterocycles. The normalized spacial score (nSPS) is 20.3. The SMILES string of the molecule is CC(=O)O[C@@H](C)C(=O)Nc1cccc([C@@H]2O[C@H](CSc3nnc(C)s3)C[C@H](c3ccc(CO)cc3)O2)c1. The number of aliphatic hydroxyl groups is 1. The number of rotatable bonds is 9. The standard InChI is InChI=1S/C26H29N3O6S2/c1-15(33-17(3)31)24(32)27-21-6-4-5-20(11-21)25-34-22(14-36-26-29-28-16(2)37-26)12-23(35-25)19-9-7-18(13-30)8-10-19/h4-11,15,22-23,25,30H,12-14H2,1-3H3,(H,27,32)/t15-,22-,23+,25+/m0/s1. The largest absolute Gasteiger partial charge is 0.453 e. The van der Waals surface area contributed by atoms with Crippen LogP contribution in [-0.2, 0) is 30.4 Å².